The Kier molecular flexibility index (Phi) is 5.01. The summed E-state index contributed by atoms with van der Waals surface area (Å²) in [6.07, 6.45) is 5.34. The van der Waals surface area contributed by atoms with E-state index in [1.807, 2.05) is 30.3 Å². The number of fused-ring (bicyclic) bond motifs is 1. The van der Waals surface area contributed by atoms with Crippen molar-refractivity contribution in [3.05, 3.63) is 52.8 Å². The van der Waals surface area contributed by atoms with Crippen LogP contribution in [0, 0.1) is 5.92 Å². The molecule has 3 nitrogen and oxygen atoms in total. The molecular weight excluding hydrogens is 365 g/mol. The first kappa shape index (κ1) is 17.6. The fraction of sp³-hybridized carbons (Fsp3) is 0.333. The van der Waals surface area contributed by atoms with Crippen molar-refractivity contribution < 1.29 is 0 Å². The molecule has 1 unspecified atom stereocenters. The summed E-state index contributed by atoms with van der Waals surface area (Å²) in [6.45, 7) is 4.40. The second-order valence-corrected chi connectivity index (χ2v) is 7.86. The Bertz CT molecular complexity index is 936. The Morgan fingerprint density at radius 2 is 1.88 bits per heavy atom. The minimum absolute atomic E-state index is 0.558. The minimum atomic E-state index is 0.558. The van der Waals surface area contributed by atoms with Gasteiger partial charge in [-0.25, -0.2) is 9.97 Å². The van der Waals surface area contributed by atoms with E-state index in [1.54, 1.807) is 6.33 Å². The fourth-order valence-corrected chi connectivity index (χ4v) is 4.01. The molecule has 3 aromatic rings. The van der Waals surface area contributed by atoms with E-state index in [2.05, 4.69) is 27.9 Å². The van der Waals surface area contributed by atoms with Crippen molar-refractivity contribution in [2.45, 2.75) is 26.2 Å². The van der Waals surface area contributed by atoms with Gasteiger partial charge >= 0.3 is 0 Å². The molecular formula is C21H21Cl2N3. The molecule has 0 N–H and O–H groups in total. The van der Waals surface area contributed by atoms with E-state index in [0.717, 1.165) is 46.9 Å². The van der Waals surface area contributed by atoms with Crippen molar-refractivity contribution in [1.82, 2.24) is 9.97 Å². The van der Waals surface area contributed by atoms with Gasteiger partial charge in [-0.2, -0.15) is 0 Å². The highest BCUT2D eigenvalue weighted by atomic mass is 35.5. The second kappa shape index (κ2) is 7.42. The van der Waals surface area contributed by atoms with E-state index < -0.39 is 0 Å². The number of hydrogen-bond donors (Lipinski definition) is 0. The van der Waals surface area contributed by atoms with E-state index >= 15 is 0 Å². The monoisotopic (exact) mass is 385 g/mol. The number of aromatic nitrogens is 2. The first-order valence-corrected chi connectivity index (χ1v) is 9.83. The maximum atomic E-state index is 6.27. The lowest BCUT2D eigenvalue weighted by Crippen LogP contribution is -2.25. The topological polar surface area (TPSA) is 29.0 Å². The molecule has 4 rings (SSSR count). The number of halogens is 2. The average molecular weight is 386 g/mol. The van der Waals surface area contributed by atoms with Crippen LogP contribution in [0.3, 0.4) is 0 Å². The van der Waals surface area contributed by atoms with Crippen LogP contribution in [0.5, 0.6) is 0 Å². The lowest BCUT2D eigenvalue weighted by molar-refractivity contribution is 0.521. The molecule has 1 aliphatic heterocycles. The SMILES string of the molecule is CC1CCCN(c2ncnc3cccc(-c4ccc(Cl)c(Cl)c4)c23)CC1. The van der Waals surface area contributed by atoms with Gasteiger partial charge in [0.05, 0.1) is 20.9 Å². The quantitative estimate of drug-likeness (QED) is 0.523. The Morgan fingerprint density at radius 1 is 1.00 bits per heavy atom. The van der Waals surface area contributed by atoms with Crippen LogP contribution in [0.25, 0.3) is 22.0 Å². The summed E-state index contributed by atoms with van der Waals surface area (Å²) < 4.78 is 0. The molecule has 2 heterocycles. The summed E-state index contributed by atoms with van der Waals surface area (Å²) in [4.78, 5) is 11.6. The van der Waals surface area contributed by atoms with Gasteiger partial charge in [0.15, 0.2) is 0 Å². The summed E-state index contributed by atoms with van der Waals surface area (Å²) in [6, 6.07) is 11.9. The zero-order valence-electron chi connectivity index (χ0n) is 14.8. The third-order valence-corrected chi connectivity index (χ3v) is 5.93. The molecule has 0 amide bonds. The van der Waals surface area contributed by atoms with Crippen molar-refractivity contribution in [1.29, 1.82) is 0 Å². The van der Waals surface area contributed by atoms with Crippen molar-refractivity contribution in [3.63, 3.8) is 0 Å². The summed E-state index contributed by atoms with van der Waals surface area (Å²) in [5.74, 6) is 1.79. The van der Waals surface area contributed by atoms with Crippen molar-refractivity contribution in [3.8, 4) is 11.1 Å². The third-order valence-electron chi connectivity index (χ3n) is 5.19. The number of nitrogens with zero attached hydrogens (tertiary/aromatic N) is 3. The molecule has 5 heteroatoms. The standard InChI is InChI=1S/C21H21Cl2N3/c1-14-4-3-10-26(11-9-14)21-20-16(5-2-6-19(20)24-13-25-21)15-7-8-17(22)18(23)12-15/h2,5-8,12-14H,3-4,9-11H2,1H3. The van der Waals surface area contributed by atoms with Crippen LogP contribution in [0.2, 0.25) is 10.0 Å². The molecule has 1 atom stereocenters. The molecule has 0 aliphatic carbocycles. The van der Waals surface area contributed by atoms with Gasteiger partial charge in [0.1, 0.15) is 12.1 Å². The van der Waals surface area contributed by atoms with Gasteiger partial charge in [0.25, 0.3) is 0 Å². The van der Waals surface area contributed by atoms with Crippen LogP contribution < -0.4 is 4.90 Å². The summed E-state index contributed by atoms with van der Waals surface area (Å²) in [7, 11) is 0. The Hall–Kier alpha value is -1.84. The Labute approximate surface area is 164 Å². The van der Waals surface area contributed by atoms with Crippen molar-refractivity contribution in [2.24, 2.45) is 5.92 Å². The molecule has 1 aromatic heterocycles. The van der Waals surface area contributed by atoms with Gasteiger partial charge < -0.3 is 4.90 Å². The van der Waals surface area contributed by atoms with Crippen molar-refractivity contribution >= 4 is 39.9 Å². The molecule has 1 fully saturated rings. The van der Waals surface area contributed by atoms with Crippen LogP contribution in [-0.4, -0.2) is 23.1 Å². The number of hydrogen-bond acceptors (Lipinski definition) is 3. The molecule has 0 saturated carbocycles. The Morgan fingerprint density at radius 3 is 2.73 bits per heavy atom. The third kappa shape index (κ3) is 3.38. The van der Waals surface area contributed by atoms with Crippen LogP contribution in [0.4, 0.5) is 5.82 Å². The molecule has 26 heavy (non-hydrogen) atoms. The van der Waals surface area contributed by atoms with Gasteiger partial charge in [-0.05, 0) is 54.5 Å². The van der Waals surface area contributed by atoms with Crippen LogP contribution in [-0.2, 0) is 0 Å². The van der Waals surface area contributed by atoms with Gasteiger partial charge in [-0.3, -0.25) is 0 Å². The van der Waals surface area contributed by atoms with Crippen molar-refractivity contribution in [2.75, 3.05) is 18.0 Å². The molecule has 134 valence electrons. The maximum absolute atomic E-state index is 6.27. The van der Waals surface area contributed by atoms with E-state index in [1.165, 1.54) is 19.3 Å². The highest BCUT2D eigenvalue weighted by molar-refractivity contribution is 6.42. The molecule has 0 radical (unpaired) electrons. The predicted molar refractivity (Wildman–Crippen MR) is 110 cm³/mol. The molecule has 0 bridgehead atoms. The summed E-state index contributed by atoms with van der Waals surface area (Å²) >= 11 is 12.4. The van der Waals surface area contributed by atoms with Gasteiger partial charge in [-0.1, -0.05) is 48.3 Å². The smallest absolute Gasteiger partial charge is 0.140 e. The largest absolute Gasteiger partial charge is 0.356 e. The highest BCUT2D eigenvalue weighted by Gasteiger charge is 2.19. The lowest BCUT2D eigenvalue weighted by atomic mass is 10.0. The van der Waals surface area contributed by atoms with E-state index in [4.69, 9.17) is 23.2 Å². The molecule has 2 aromatic carbocycles. The zero-order valence-corrected chi connectivity index (χ0v) is 16.3. The average Bonchev–Trinajstić information content (AvgIpc) is 2.87. The first-order chi connectivity index (χ1) is 12.6. The summed E-state index contributed by atoms with van der Waals surface area (Å²) in [5, 5.41) is 2.21. The van der Waals surface area contributed by atoms with Crippen LogP contribution >= 0.6 is 23.2 Å². The van der Waals surface area contributed by atoms with Gasteiger partial charge in [0.2, 0.25) is 0 Å². The van der Waals surface area contributed by atoms with E-state index in [0.29, 0.717) is 10.0 Å². The maximum Gasteiger partial charge on any atom is 0.140 e. The van der Waals surface area contributed by atoms with Gasteiger partial charge in [-0.15, -0.1) is 0 Å². The molecule has 1 saturated heterocycles. The second-order valence-electron chi connectivity index (χ2n) is 7.05. The molecule has 1 aliphatic rings. The van der Waals surface area contributed by atoms with Crippen LogP contribution in [0.1, 0.15) is 26.2 Å². The number of benzene rings is 2. The zero-order chi connectivity index (χ0) is 18.1. The highest BCUT2D eigenvalue weighted by Crippen LogP contribution is 2.36. The number of anilines is 1. The van der Waals surface area contributed by atoms with Crippen LogP contribution in [0.15, 0.2) is 42.7 Å². The lowest BCUT2D eigenvalue weighted by Gasteiger charge is -2.24. The minimum Gasteiger partial charge on any atom is -0.356 e. The molecule has 0 spiro atoms. The van der Waals surface area contributed by atoms with E-state index in [9.17, 15) is 0 Å². The number of rotatable bonds is 2. The van der Waals surface area contributed by atoms with E-state index in [-0.39, 0.29) is 0 Å². The summed E-state index contributed by atoms with van der Waals surface area (Å²) in [5.41, 5.74) is 3.08. The Balaban J connectivity index is 1.87. The normalized spacial score (nSPS) is 18.1. The van der Waals surface area contributed by atoms with Gasteiger partial charge in [0, 0.05) is 13.1 Å². The predicted octanol–water partition coefficient (Wildman–Crippen LogP) is 6.23. The first-order valence-electron chi connectivity index (χ1n) is 9.07. The fourth-order valence-electron chi connectivity index (χ4n) is 3.71.